The Balaban J connectivity index is 0.00000256. The predicted molar refractivity (Wildman–Crippen MR) is 70.5 cm³/mol. The van der Waals surface area contributed by atoms with Gasteiger partial charge in [-0.3, -0.25) is 9.59 Å². The van der Waals surface area contributed by atoms with Crippen LogP contribution in [0.25, 0.3) is 0 Å². The number of nitrogens with zero attached hydrogens (tertiary/aromatic N) is 1. The summed E-state index contributed by atoms with van der Waals surface area (Å²) in [5.74, 6) is -0.370. The van der Waals surface area contributed by atoms with Crippen LogP contribution in [0, 0.1) is 5.92 Å². The third-order valence-corrected chi connectivity index (χ3v) is 2.39. The van der Waals surface area contributed by atoms with Crippen LogP contribution in [0.2, 0.25) is 0 Å². The first-order chi connectivity index (χ1) is 7.58. The van der Waals surface area contributed by atoms with E-state index in [1.165, 1.54) is 10.6 Å². The molecule has 6 heteroatoms. The summed E-state index contributed by atoms with van der Waals surface area (Å²) < 4.78 is 1.53. The number of carbonyl (C=O) groups is 1. The van der Waals surface area contributed by atoms with E-state index in [0.717, 1.165) is 0 Å². The highest BCUT2D eigenvalue weighted by atomic mass is 35.5. The summed E-state index contributed by atoms with van der Waals surface area (Å²) in [4.78, 5) is 22.9. The number of hydrogen-bond donors (Lipinski definition) is 2. The maximum atomic E-state index is 11.5. The van der Waals surface area contributed by atoms with Crippen molar-refractivity contribution in [1.82, 2.24) is 4.57 Å². The lowest BCUT2D eigenvalue weighted by molar-refractivity contribution is -0.119. The average Bonchev–Trinajstić information content (AvgIpc) is 2.30. The molecule has 1 rings (SSSR count). The topological polar surface area (TPSA) is 77.1 Å². The summed E-state index contributed by atoms with van der Waals surface area (Å²) in [6, 6.07) is 3.03. The van der Waals surface area contributed by atoms with Gasteiger partial charge in [0.25, 0.3) is 5.56 Å². The Morgan fingerprint density at radius 2 is 2.18 bits per heavy atom. The Morgan fingerprint density at radius 1 is 1.53 bits per heavy atom. The van der Waals surface area contributed by atoms with Gasteiger partial charge in [-0.05, 0) is 13.0 Å². The van der Waals surface area contributed by atoms with Crippen LogP contribution in [0.4, 0.5) is 5.69 Å². The van der Waals surface area contributed by atoms with Crippen molar-refractivity contribution in [3.8, 4) is 0 Å². The molecule has 1 heterocycles. The number of pyridine rings is 1. The molecule has 0 aromatic carbocycles. The van der Waals surface area contributed by atoms with Crippen LogP contribution in [0.5, 0.6) is 0 Å². The molecule has 0 aliphatic rings. The second-order valence-electron chi connectivity index (χ2n) is 3.67. The summed E-state index contributed by atoms with van der Waals surface area (Å²) in [6.45, 7) is 4.51. The molecule has 0 aliphatic heterocycles. The Hall–Kier alpha value is -1.33. The largest absolute Gasteiger partial charge is 0.330 e. The minimum atomic E-state index is -0.234. The molecule has 0 saturated heterocycles. The average molecular weight is 260 g/mol. The number of aromatic nitrogens is 1. The first-order valence-corrected chi connectivity index (χ1v) is 5.30. The van der Waals surface area contributed by atoms with Gasteiger partial charge in [-0.15, -0.1) is 12.4 Å². The maximum absolute atomic E-state index is 11.5. The van der Waals surface area contributed by atoms with Crippen molar-refractivity contribution in [3.05, 3.63) is 28.7 Å². The number of hydrogen-bond acceptors (Lipinski definition) is 3. The van der Waals surface area contributed by atoms with E-state index in [9.17, 15) is 9.59 Å². The van der Waals surface area contributed by atoms with Crippen molar-refractivity contribution in [2.45, 2.75) is 20.4 Å². The molecule has 0 saturated carbocycles. The molecule has 0 radical (unpaired) electrons. The third-order valence-electron chi connectivity index (χ3n) is 2.39. The molecule has 1 atom stereocenters. The standard InChI is InChI=1S/C11H17N3O2.ClH/c1-3-14-7-9(4-5-10(14)15)13-11(16)8(2)6-12;/h4-5,7-8H,3,6,12H2,1-2H3,(H,13,16);1H. The van der Waals surface area contributed by atoms with Crippen molar-refractivity contribution in [2.24, 2.45) is 11.7 Å². The van der Waals surface area contributed by atoms with Crippen molar-refractivity contribution in [1.29, 1.82) is 0 Å². The molecule has 0 aliphatic carbocycles. The van der Waals surface area contributed by atoms with E-state index in [0.29, 0.717) is 18.8 Å². The zero-order valence-electron chi connectivity index (χ0n) is 9.97. The van der Waals surface area contributed by atoms with Crippen molar-refractivity contribution in [3.63, 3.8) is 0 Å². The first kappa shape index (κ1) is 15.7. The van der Waals surface area contributed by atoms with Gasteiger partial charge in [-0.2, -0.15) is 0 Å². The Labute approximate surface area is 106 Å². The Bertz CT molecular complexity index is 431. The molecule has 17 heavy (non-hydrogen) atoms. The molecular weight excluding hydrogens is 242 g/mol. The molecule has 1 unspecified atom stereocenters. The lowest BCUT2D eigenvalue weighted by atomic mass is 10.1. The quantitative estimate of drug-likeness (QED) is 0.841. The van der Waals surface area contributed by atoms with E-state index in [2.05, 4.69) is 5.32 Å². The lowest BCUT2D eigenvalue weighted by Gasteiger charge is -2.11. The minimum Gasteiger partial charge on any atom is -0.330 e. The van der Waals surface area contributed by atoms with Gasteiger partial charge in [0, 0.05) is 31.3 Å². The highest BCUT2D eigenvalue weighted by Gasteiger charge is 2.10. The number of rotatable bonds is 4. The van der Waals surface area contributed by atoms with E-state index in [4.69, 9.17) is 5.73 Å². The number of aryl methyl sites for hydroxylation is 1. The molecule has 1 aromatic heterocycles. The van der Waals surface area contributed by atoms with Gasteiger partial charge in [-0.25, -0.2) is 0 Å². The fourth-order valence-electron chi connectivity index (χ4n) is 1.22. The second kappa shape index (κ2) is 7.09. The highest BCUT2D eigenvalue weighted by molar-refractivity contribution is 5.92. The predicted octanol–water partition coefficient (Wildman–Crippen LogP) is 0.823. The number of halogens is 1. The molecule has 96 valence electrons. The molecule has 0 bridgehead atoms. The number of anilines is 1. The van der Waals surface area contributed by atoms with Gasteiger partial charge in [0.15, 0.2) is 0 Å². The number of nitrogens with one attached hydrogen (secondary N) is 1. The van der Waals surface area contributed by atoms with Crippen LogP contribution in [0.15, 0.2) is 23.1 Å². The smallest absolute Gasteiger partial charge is 0.250 e. The monoisotopic (exact) mass is 259 g/mol. The van der Waals surface area contributed by atoms with Crippen LogP contribution in [-0.4, -0.2) is 17.0 Å². The van der Waals surface area contributed by atoms with Gasteiger partial charge in [0.2, 0.25) is 5.91 Å². The van der Waals surface area contributed by atoms with Crippen molar-refractivity contribution in [2.75, 3.05) is 11.9 Å². The third kappa shape index (κ3) is 4.20. The van der Waals surface area contributed by atoms with E-state index in [1.54, 1.807) is 19.2 Å². The summed E-state index contributed by atoms with van der Waals surface area (Å²) in [7, 11) is 0. The fourth-order valence-corrected chi connectivity index (χ4v) is 1.22. The summed E-state index contributed by atoms with van der Waals surface area (Å²) >= 11 is 0. The number of amides is 1. The first-order valence-electron chi connectivity index (χ1n) is 5.30. The molecule has 3 N–H and O–H groups in total. The summed E-state index contributed by atoms with van der Waals surface area (Å²) in [6.07, 6.45) is 1.63. The minimum absolute atomic E-state index is 0. The van der Waals surface area contributed by atoms with Crippen molar-refractivity contribution >= 4 is 24.0 Å². The van der Waals surface area contributed by atoms with Crippen LogP contribution < -0.4 is 16.6 Å². The molecular formula is C11H18ClN3O2. The van der Waals surface area contributed by atoms with Crippen LogP contribution >= 0.6 is 12.4 Å². The normalized spacial score (nSPS) is 11.5. The zero-order valence-corrected chi connectivity index (χ0v) is 10.8. The van der Waals surface area contributed by atoms with Crippen LogP contribution in [0.1, 0.15) is 13.8 Å². The van der Waals surface area contributed by atoms with E-state index >= 15 is 0 Å². The van der Waals surface area contributed by atoms with Gasteiger partial charge in [0.05, 0.1) is 5.69 Å². The summed E-state index contributed by atoms with van der Waals surface area (Å²) in [5.41, 5.74) is 5.93. The maximum Gasteiger partial charge on any atom is 0.250 e. The Kier molecular flexibility index (Phi) is 6.53. The van der Waals surface area contributed by atoms with Crippen LogP contribution in [-0.2, 0) is 11.3 Å². The van der Waals surface area contributed by atoms with E-state index < -0.39 is 0 Å². The fraction of sp³-hybridized carbons (Fsp3) is 0.455. The SMILES string of the molecule is CCn1cc(NC(=O)C(C)CN)ccc1=O.Cl. The highest BCUT2D eigenvalue weighted by Crippen LogP contribution is 2.05. The number of nitrogens with two attached hydrogens (primary N) is 1. The van der Waals surface area contributed by atoms with Gasteiger partial charge < -0.3 is 15.6 Å². The Morgan fingerprint density at radius 3 is 2.71 bits per heavy atom. The van der Waals surface area contributed by atoms with Gasteiger partial charge in [0.1, 0.15) is 0 Å². The molecule has 0 spiro atoms. The second-order valence-corrected chi connectivity index (χ2v) is 3.67. The van der Waals surface area contributed by atoms with Crippen molar-refractivity contribution < 1.29 is 4.79 Å². The summed E-state index contributed by atoms with van der Waals surface area (Å²) in [5, 5.41) is 2.72. The van der Waals surface area contributed by atoms with Crippen LogP contribution in [0.3, 0.4) is 0 Å². The van der Waals surface area contributed by atoms with E-state index in [1.807, 2.05) is 6.92 Å². The molecule has 5 nitrogen and oxygen atoms in total. The molecule has 0 fully saturated rings. The van der Waals surface area contributed by atoms with Gasteiger partial charge >= 0.3 is 0 Å². The zero-order chi connectivity index (χ0) is 12.1. The van der Waals surface area contributed by atoms with Gasteiger partial charge in [-0.1, -0.05) is 6.92 Å². The molecule has 1 aromatic rings. The number of carbonyl (C=O) groups excluding carboxylic acids is 1. The van der Waals surface area contributed by atoms with E-state index in [-0.39, 0.29) is 29.8 Å². The lowest BCUT2D eigenvalue weighted by Crippen LogP contribution is -2.27. The molecule has 1 amide bonds.